The minimum absolute atomic E-state index is 0.0542. The number of nitrogens with one attached hydrogen (secondary N) is 2. The van der Waals surface area contributed by atoms with Crippen molar-refractivity contribution >= 4 is 17.5 Å². The molecule has 8 heteroatoms. The van der Waals surface area contributed by atoms with Crippen LogP contribution in [0.2, 0.25) is 0 Å². The van der Waals surface area contributed by atoms with Gasteiger partial charge >= 0.3 is 6.18 Å². The van der Waals surface area contributed by atoms with Crippen molar-refractivity contribution in [1.82, 2.24) is 9.97 Å². The summed E-state index contributed by atoms with van der Waals surface area (Å²) in [6, 6.07) is 12.9. The van der Waals surface area contributed by atoms with Crippen LogP contribution in [0.3, 0.4) is 0 Å². The molecule has 1 aromatic heterocycles. The van der Waals surface area contributed by atoms with Crippen LogP contribution in [0.1, 0.15) is 11.1 Å². The molecule has 0 atom stereocenters. The van der Waals surface area contributed by atoms with Crippen molar-refractivity contribution in [3.63, 3.8) is 0 Å². The fourth-order valence-corrected chi connectivity index (χ4v) is 2.46. The number of alkyl halides is 3. The molecule has 2 N–H and O–H groups in total. The fraction of sp³-hybridized carbons (Fsp3) is 0.158. The number of hydrogen-bond acceptors (Lipinski definition) is 4. The van der Waals surface area contributed by atoms with Gasteiger partial charge in [0.2, 0.25) is 5.95 Å². The lowest BCUT2D eigenvalue weighted by atomic mass is 10.1. The topological polar surface area (TPSA) is 49.8 Å². The Bertz CT molecular complexity index is 895. The molecule has 27 heavy (non-hydrogen) atoms. The van der Waals surface area contributed by atoms with Crippen molar-refractivity contribution in [2.24, 2.45) is 0 Å². The minimum atomic E-state index is -4.48. The maximum absolute atomic E-state index is 13.1. The lowest BCUT2D eigenvalue weighted by molar-refractivity contribution is -0.136. The quantitative estimate of drug-likeness (QED) is 0.592. The van der Waals surface area contributed by atoms with E-state index in [9.17, 15) is 17.6 Å². The van der Waals surface area contributed by atoms with Crippen LogP contribution in [0.5, 0.6) is 0 Å². The second-order valence-electron chi connectivity index (χ2n) is 5.74. The molecule has 0 aliphatic heterocycles. The van der Waals surface area contributed by atoms with Crippen molar-refractivity contribution in [1.29, 1.82) is 0 Å². The third kappa shape index (κ3) is 5.16. The molecule has 4 nitrogen and oxygen atoms in total. The number of halogens is 4. The van der Waals surface area contributed by atoms with Crippen LogP contribution < -0.4 is 10.6 Å². The zero-order valence-corrected chi connectivity index (χ0v) is 14.1. The predicted octanol–water partition coefficient (Wildman–Crippen LogP) is 5.03. The van der Waals surface area contributed by atoms with Crippen molar-refractivity contribution in [3.05, 3.63) is 77.7 Å². The summed E-state index contributed by atoms with van der Waals surface area (Å²) >= 11 is 0. The monoisotopic (exact) mass is 376 g/mol. The minimum Gasteiger partial charge on any atom is -0.370 e. The lowest BCUT2D eigenvalue weighted by Gasteiger charge is -2.14. The van der Waals surface area contributed by atoms with Crippen molar-refractivity contribution < 1.29 is 17.6 Å². The first-order chi connectivity index (χ1) is 12.9. The predicted molar refractivity (Wildman–Crippen MR) is 95.4 cm³/mol. The summed E-state index contributed by atoms with van der Waals surface area (Å²) in [5.41, 5.74) is 0.0483. The van der Waals surface area contributed by atoms with E-state index in [0.29, 0.717) is 18.8 Å². The molecule has 0 fully saturated rings. The van der Waals surface area contributed by atoms with E-state index in [-0.39, 0.29) is 17.5 Å². The van der Waals surface area contributed by atoms with Gasteiger partial charge in [0.25, 0.3) is 0 Å². The van der Waals surface area contributed by atoms with Gasteiger partial charge in [-0.3, -0.25) is 0 Å². The first-order valence-corrected chi connectivity index (χ1v) is 8.16. The Labute approximate surface area is 153 Å². The Morgan fingerprint density at radius 3 is 2.41 bits per heavy atom. The Morgan fingerprint density at radius 1 is 0.926 bits per heavy atom. The normalized spacial score (nSPS) is 11.3. The van der Waals surface area contributed by atoms with Crippen molar-refractivity contribution in [3.8, 4) is 0 Å². The number of benzene rings is 2. The Balaban J connectivity index is 1.65. The van der Waals surface area contributed by atoms with E-state index in [4.69, 9.17) is 0 Å². The standard InChI is InChI=1S/C19H16F4N4/c20-14-7-5-13(6-8-14)9-11-24-17-10-12-25-18(27-17)26-16-4-2-1-3-15(16)19(21,22)23/h1-8,10,12H,9,11H2,(H2,24,25,26,27). The fourth-order valence-electron chi connectivity index (χ4n) is 2.46. The van der Waals surface area contributed by atoms with E-state index in [1.54, 1.807) is 18.2 Å². The first-order valence-electron chi connectivity index (χ1n) is 8.16. The highest BCUT2D eigenvalue weighted by Gasteiger charge is 2.33. The van der Waals surface area contributed by atoms with Gasteiger partial charge < -0.3 is 10.6 Å². The number of rotatable bonds is 6. The van der Waals surface area contributed by atoms with E-state index < -0.39 is 11.7 Å². The summed E-state index contributed by atoms with van der Waals surface area (Å²) < 4.78 is 52.1. The van der Waals surface area contributed by atoms with E-state index in [1.165, 1.54) is 36.5 Å². The Morgan fingerprint density at radius 2 is 1.67 bits per heavy atom. The molecule has 3 aromatic rings. The van der Waals surface area contributed by atoms with Gasteiger partial charge in [0.15, 0.2) is 0 Å². The number of hydrogen-bond donors (Lipinski definition) is 2. The number of para-hydroxylation sites is 1. The van der Waals surface area contributed by atoms with E-state index >= 15 is 0 Å². The van der Waals surface area contributed by atoms with E-state index in [2.05, 4.69) is 20.6 Å². The largest absolute Gasteiger partial charge is 0.418 e. The number of aromatic nitrogens is 2. The van der Waals surface area contributed by atoms with E-state index in [0.717, 1.165) is 11.6 Å². The lowest BCUT2D eigenvalue weighted by Crippen LogP contribution is -2.11. The average Bonchev–Trinajstić information content (AvgIpc) is 2.63. The van der Waals surface area contributed by atoms with Gasteiger partial charge in [0.1, 0.15) is 11.6 Å². The van der Waals surface area contributed by atoms with Crippen molar-refractivity contribution in [2.45, 2.75) is 12.6 Å². The summed E-state index contributed by atoms with van der Waals surface area (Å²) in [4.78, 5) is 8.14. The number of nitrogens with zero attached hydrogens (tertiary/aromatic N) is 2. The molecule has 1 heterocycles. The molecule has 3 rings (SSSR count). The van der Waals surface area contributed by atoms with Gasteiger partial charge in [-0.1, -0.05) is 24.3 Å². The van der Waals surface area contributed by atoms with Crippen LogP contribution in [0, 0.1) is 5.82 Å². The highest BCUT2D eigenvalue weighted by Crippen LogP contribution is 2.35. The molecular weight excluding hydrogens is 360 g/mol. The van der Waals surface area contributed by atoms with Crippen LogP contribution in [-0.4, -0.2) is 16.5 Å². The molecule has 0 unspecified atom stereocenters. The summed E-state index contributed by atoms with van der Waals surface area (Å²) in [6.07, 6.45) is -2.38. The molecule has 2 aromatic carbocycles. The molecule has 0 amide bonds. The maximum Gasteiger partial charge on any atom is 0.418 e. The zero-order chi connectivity index (χ0) is 19.3. The highest BCUT2D eigenvalue weighted by molar-refractivity contribution is 5.60. The third-order valence-electron chi connectivity index (χ3n) is 3.77. The smallest absolute Gasteiger partial charge is 0.370 e. The Kier molecular flexibility index (Phi) is 5.54. The maximum atomic E-state index is 13.1. The highest BCUT2D eigenvalue weighted by atomic mass is 19.4. The molecule has 0 saturated carbocycles. The molecule has 0 aliphatic rings. The molecule has 0 bridgehead atoms. The molecule has 0 aliphatic carbocycles. The van der Waals surface area contributed by atoms with Gasteiger partial charge in [0.05, 0.1) is 11.3 Å². The van der Waals surface area contributed by atoms with Gasteiger partial charge in [-0.15, -0.1) is 0 Å². The summed E-state index contributed by atoms with van der Waals surface area (Å²) in [6.45, 7) is 0.529. The van der Waals surface area contributed by atoms with Crippen LogP contribution in [0.25, 0.3) is 0 Å². The van der Waals surface area contributed by atoms with Crippen LogP contribution in [0.15, 0.2) is 60.8 Å². The summed E-state index contributed by atoms with van der Waals surface area (Å²) in [5, 5.41) is 5.68. The average molecular weight is 376 g/mol. The second kappa shape index (κ2) is 8.03. The molecule has 140 valence electrons. The second-order valence-corrected chi connectivity index (χ2v) is 5.74. The van der Waals surface area contributed by atoms with Gasteiger partial charge in [-0.2, -0.15) is 18.2 Å². The van der Waals surface area contributed by atoms with Crippen LogP contribution in [0.4, 0.5) is 35.0 Å². The summed E-state index contributed by atoms with van der Waals surface area (Å²) in [7, 11) is 0. The Hall–Kier alpha value is -3.16. The molecule has 0 spiro atoms. The summed E-state index contributed by atoms with van der Waals surface area (Å²) in [5.74, 6) is 0.231. The number of anilines is 3. The SMILES string of the molecule is Fc1ccc(CCNc2ccnc(Nc3ccccc3C(F)(F)F)n2)cc1. The molecular formula is C19H16F4N4. The first kappa shape index (κ1) is 18.6. The van der Waals surface area contributed by atoms with Crippen molar-refractivity contribution in [2.75, 3.05) is 17.2 Å². The molecule has 0 saturated heterocycles. The third-order valence-corrected chi connectivity index (χ3v) is 3.77. The van der Waals surface area contributed by atoms with Gasteiger partial charge in [-0.25, -0.2) is 9.37 Å². The van der Waals surface area contributed by atoms with Gasteiger partial charge in [0, 0.05) is 12.7 Å². The van der Waals surface area contributed by atoms with E-state index in [1.807, 2.05) is 0 Å². The van der Waals surface area contributed by atoms with Gasteiger partial charge in [-0.05, 0) is 42.3 Å². The van der Waals surface area contributed by atoms with Crippen LogP contribution >= 0.6 is 0 Å². The molecule has 0 radical (unpaired) electrons. The van der Waals surface area contributed by atoms with Crippen LogP contribution in [-0.2, 0) is 12.6 Å². The zero-order valence-electron chi connectivity index (χ0n) is 14.1.